The van der Waals surface area contributed by atoms with Crippen molar-refractivity contribution in [3.05, 3.63) is 46.9 Å². The number of aliphatic hydroxyl groups excluding tert-OH is 1. The average molecular weight is 273 g/mol. The average Bonchev–Trinajstić information content (AvgIpc) is 2.73. The summed E-state index contributed by atoms with van der Waals surface area (Å²) >= 11 is 0. The SMILES string of the molecule is COC(=O)C1=C(O)/C(=C\c2ccccc2OC)N=C1C. The van der Waals surface area contributed by atoms with Gasteiger partial charge in [-0.25, -0.2) is 9.79 Å². The maximum Gasteiger partial charge on any atom is 0.343 e. The Kier molecular flexibility index (Phi) is 3.89. The number of methoxy groups -OCH3 is 2. The van der Waals surface area contributed by atoms with Crippen LogP contribution in [0.25, 0.3) is 6.08 Å². The molecular formula is C15H15NO4. The molecule has 5 heteroatoms. The number of hydrogen-bond donors (Lipinski definition) is 1. The summed E-state index contributed by atoms with van der Waals surface area (Å²) in [5.74, 6) is -0.125. The third-order valence-electron chi connectivity index (χ3n) is 2.95. The van der Waals surface area contributed by atoms with Crippen LogP contribution in [0.15, 0.2) is 46.3 Å². The van der Waals surface area contributed by atoms with Gasteiger partial charge < -0.3 is 14.6 Å². The smallest absolute Gasteiger partial charge is 0.343 e. The van der Waals surface area contributed by atoms with Crippen molar-refractivity contribution < 1.29 is 19.4 Å². The molecule has 0 aromatic heterocycles. The van der Waals surface area contributed by atoms with E-state index in [1.165, 1.54) is 7.11 Å². The van der Waals surface area contributed by atoms with E-state index in [0.717, 1.165) is 5.56 Å². The van der Waals surface area contributed by atoms with E-state index in [0.29, 0.717) is 17.2 Å². The Balaban J connectivity index is 2.47. The van der Waals surface area contributed by atoms with E-state index < -0.39 is 5.97 Å². The Hall–Kier alpha value is -2.56. The number of benzene rings is 1. The normalized spacial score (nSPS) is 16.4. The number of aliphatic hydroxyl groups is 1. The fourth-order valence-corrected chi connectivity index (χ4v) is 1.97. The summed E-state index contributed by atoms with van der Waals surface area (Å²) in [6.45, 7) is 1.64. The highest BCUT2D eigenvalue weighted by molar-refractivity contribution is 6.22. The Labute approximate surface area is 116 Å². The number of esters is 1. The first kappa shape index (κ1) is 13.9. The molecule has 1 N–H and O–H groups in total. The van der Waals surface area contributed by atoms with Gasteiger partial charge in [0, 0.05) is 5.56 Å². The number of carbonyl (C=O) groups excluding carboxylic acids is 1. The van der Waals surface area contributed by atoms with Crippen LogP contribution in [0.3, 0.4) is 0 Å². The first-order valence-corrected chi connectivity index (χ1v) is 6.00. The summed E-state index contributed by atoms with van der Waals surface area (Å²) in [5.41, 5.74) is 1.59. The third-order valence-corrected chi connectivity index (χ3v) is 2.95. The number of hydrogen-bond acceptors (Lipinski definition) is 5. The minimum atomic E-state index is -0.604. The van der Waals surface area contributed by atoms with Crippen LogP contribution >= 0.6 is 0 Å². The fraction of sp³-hybridized carbons (Fsp3) is 0.200. The molecule has 1 heterocycles. The molecule has 0 unspecified atom stereocenters. The second-order valence-electron chi connectivity index (χ2n) is 4.18. The van der Waals surface area contributed by atoms with Crippen molar-refractivity contribution >= 4 is 17.8 Å². The van der Waals surface area contributed by atoms with Crippen molar-refractivity contribution in [2.45, 2.75) is 6.92 Å². The van der Waals surface area contributed by atoms with Gasteiger partial charge >= 0.3 is 5.97 Å². The molecule has 0 fully saturated rings. The molecule has 1 aliphatic rings. The van der Waals surface area contributed by atoms with Crippen LogP contribution in [-0.4, -0.2) is 31.0 Å². The van der Waals surface area contributed by atoms with Gasteiger partial charge in [-0.15, -0.1) is 0 Å². The number of aliphatic imine (C=N–C) groups is 1. The molecule has 2 rings (SSSR count). The van der Waals surface area contributed by atoms with Gasteiger partial charge in [0.15, 0.2) is 5.76 Å². The van der Waals surface area contributed by atoms with E-state index in [-0.39, 0.29) is 11.3 Å². The highest BCUT2D eigenvalue weighted by Crippen LogP contribution is 2.28. The molecule has 0 saturated heterocycles. The van der Waals surface area contributed by atoms with Crippen LogP contribution in [0.2, 0.25) is 0 Å². The van der Waals surface area contributed by atoms with E-state index >= 15 is 0 Å². The zero-order chi connectivity index (χ0) is 14.7. The second-order valence-corrected chi connectivity index (χ2v) is 4.18. The molecule has 0 spiro atoms. The minimum Gasteiger partial charge on any atom is -0.505 e. The number of nitrogens with zero attached hydrogens (tertiary/aromatic N) is 1. The zero-order valence-electron chi connectivity index (χ0n) is 11.5. The number of rotatable bonds is 3. The molecule has 0 aliphatic carbocycles. The Morgan fingerprint density at radius 3 is 2.65 bits per heavy atom. The van der Waals surface area contributed by atoms with Crippen molar-refractivity contribution in [3.8, 4) is 5.75 Å². The Bertz CT molecular complexity index is 641. The summed E-state index contributed by atoms with van der Waals surface area (Å²) in [6, 6.07) is 7.34. The highest BCUT2D eigenvalue weighted by Gasteiger charge is 2.27. The Morgan fingerprint density at radius 1 is 1.30 bits per heavy atom. The Morgan fingerprint density at radius 2 is 2.00 bits per heavy atom. The van der Waals surface area contributed by atoms with Crippen molar-refractivity contribution in [1.82, 2.24) is 0 Å². The molecule has 0 saturated carbocycles. The number of para-hydroxylation sites is 1. The molecule has 0 amide bonds. The molecule has 104 valence electrons. The maximum atomic E-state index is 11.6. The predicted octanol–water partition coefficient (Wildman–Crippen LogP) is 2.50. The van der Waals surface area contributed by atoms with Crippen molar-refractivity contribution in [2.75, 3.05) is 14.2 Å². The summed E-state index contributed by atoms with van der Waals surface area (Å²) < 4.78 is 9.86. The van der Waals surface area contributed by atoms with Gasteiger partial charge in [0.05, 0.1) is 19.9 Å². The molecule has 1 aromatic rings. The van der Waals surface area contributed by atoms with Gasteiger partial charge in [0.2, 0.25) is 0 Å². The molecule has 5 nitrogen and oxygen atoms in total. The standard InChI is InChI=1S/C15H15NO4/c1-9-13(15(18)20-3)14(17)11(16-9)8-10-6-4-5-7-12(10)19-2/h4-8,17H,1-3H3/b11-8+. The van der Waals surface area contributed by atoms with Crippen molar-refractivity contribution in [2.24, 2.45) is 4.99 Å². The first-order valence-electron chi connectivity index (χ1n) is 6.00. The fourth-order valence-electron chi connectivity index (χ4n) is 1.97. The summed E-state index contributed by atoms with van der Waals surface area (Å²) in [5, 5.41) is 10.1. The first-order chi connectivity index (χ1) is 9.58. The maximum absolute atomic E-state index is 11.6. The van der Waals surface area contributed by atoms with E-state index in [4.69, 9.17) is 4.74 Å². The lowest BCUT2D eigenvalue weighted by atomic mass is 10.1. The monoisotopic (exact) mass is 273 g/mol. The molecule has 0 bridgehead atoms. The van der Waals surface area contributed by atoms with E-state index in [2.05, 4.69) is 9.73 Å². The largest absolute Gasteiger partial charge is 0.505 e. The van der Waals surface area contributed by atoms with Crippen LogP contribution in [0.4, 0.5) is 0 Å². The van der Waals surface area contributed by atoms with Gasteiger partial charge in [0.1, 0.15) is 17.0 Å². The second kappa shape index (κ2) is 5.61. The van der Waals surface area contributed by atoms with Gasteiger partial charge in [0.25, 0.3) is 0 Å². The molecule has 0 atom stereocenters. The summed E-state index contributed by atoms with van der Waals surface area (Å²) in [4.78, 5) is 15.8. The van der Waals surface area contributed by atoms with Crippen molar-refractivity contribution in [3.63, 3.8) is 0 Å². The van der Waals surface area contributed by atoms with Gasteiger partial charge in [-0.3, -0.25) is 0 Å². The van der Waals surface area contributed by atoms with Crippen LogP contribution in [0.1, 0.15) is 12.5 Å². The van der Waals surface area contributed by atoms with Gasteiger partial charge in [-0.05, 0) is 19.1 Å². The molecule has 0 radical (unpaired) electrons. The lowest BCUT2D eigenvalue weighted by Crippen LogP contribution is -2.11. The van der Waals surface area contributed by atoms with Crippen molar-refractivity contribution in [1.29, 1.82) is 0 Å². The molecule has 1 aromatic carbocycles. The number of carbonyl (C=O) groups is 1. The van der Waals surface area contributed by atoms with E-state index in [9.17, 15) is 9.90 Å². The predicted molar refractivity (Wildman–Crippen MR) is 75.8 cm³/mol. The van der Waals surface area contributed by atoms with Gasteiger partial charge in [-0.1, -0.05) is 18.2 Å². The lowest BCUT2D eigenvalue weighted by molar-refractivity contribution is -0.135. The summed E-state index contributed by atoms with van der Waals surface area (Å²) in [6.07, 6.45) is 1.66. The van der Waals surface area contributed by atoms with Gasteiger partial charge in [-0.2, -0.15) is 0 Å². The molecule has 1 aliphatic heterocycles. The van der Waals surface area contributed by atoms with E-state index in [1.807, 2.05) is 18.2 Å². The third kappa shape index (κ3) is 2.42. The van der Waals surface area contributed by atoms with Crippen LogP contribution < -0.4 is 4.74 Å². The number of ether oxygens (including phenoxy) is 2. The topological polar surface area (TPSA) is 68.1 Å². The lowest BCUT2D eigenvalue weighted by Gasteiger charge is -2.04. The van der Waals surface area contributed by atoms with Crippen LogP contribution in [0.5, 0.6) is 5.75 Å². The van der Waals surface area contributed by atoms with E-state index in [1.54, 1.807) is 26.2 Å². The highest BCUT2D eigenvalue weighted by atomic mass is 16.5. The van der Waals surface area contributed by atoms with Crippen LogP contribution in [0, 0.1) is 0 Å². The summed E-state index contributed by atoms with van der Waals surface area (Å²) in [7, 11) is 2.83. The quantitative estimate of drug-likeness (QED) is 0.859. The molecular weight excluding hydrogens is 258 g/mol. The minimum absolute atomic E-state index is 0.0913. The van der Waals surface area contributed by atoms with Crippen LogP contribution in [-0.2, 0) is 9.53 Å². The molecule has 20 heavy (non-hydrogen) atoms. The zero-order valence-corrected chi connectivity index (χ0v) is 11.5.